The van der Waals surface area contributed by atoms with Crippen molar-refractivity contribution in [2.45, 2.75) is 6.92 Å². The molecule has 0 spiro atoms. The molecule has 1 fully saturated rings. The maximum absolute atomic E-state index is 13.0. The summed E-state index contributed by atoms with van der Waals surface area (Å²) in [7, 11) is 1.55. The van der Waals surface area contributed by atoms with Gasteiger partial charge in [-0.25, -0.2) is 0 Å². The lowest BCUT2D eigenvalue weighted by molar-refractivity contribution is 0.0975. The van der Waals surface area contributed by atoms with Crippen LogP contribution in [0.1, 0.15) is 17.3 Å². The van der Waals surface area contributed by atoms with Crippen LogP contribution in [0.2, 0.25) is 0 Å². The summed E-state index contributed by atoms with van der Waals surface area (Å²) in [6, 6.07) is 17.7. The predicted octanol–water partition coefficient (Wildman–Crippen LogP) is 4.88. The molecule has 6 nitrogen and oxygen atoms in total. The number of hydrogen-bond acceptors (Lipinski definition) is 5. The van der Waals surface area contributed by atoms with Crippen LogP contribution in [0.3, 0.4) is 0 Å². The molecule has 0 bridgehead atoms. The lowest BCUT2D eigenvalue weighted by atomic mass is 10.1. The fourth-order valence-electron chi connectivity index (χ4n) is 4.06. The van der Waals surface area contributed by atoms with Gasteiger partial charge in [0, 0.05) is 37.6 Å². The third-order valence-electron chi connectivity index (χ3n) is 5.93. The van der Waals surface area contributed by atoms with E-state index >= 15 is 0 Å². The van der Waals surface area contributed by atoms with Gasteiger partial charge in [0.2, 0.25) is 0 Å². The monoisotopic (exact) mass is 526 g/mol. The van der Waals surface area contributed by atoms with Crippen LogP contribution in [-0.4, -0.2) is 55.8 Å². The van der Waals surface area contributed by atoms with Crippen molar-refractivity contribution in [2.75, 3.05) is 50.1 Å². The minimum atomic E-state index is -0.332. The second-order valence-electron chi connectivity index (χ2n) is 7.87. The van der Waals surface area contributed by atoms with Gasteiger partial charge in [-0.15, -0.1) is 0 Å². The quantitative estimate of drug-likeness (QED) is 0.462. The van der Waals surface area contributed by atoms with Crippen LogP contribution in [-0.2, 0) is 0 Å². The van der Waals surface area contributed by atoms with Gasteiger partial charge in [-0.3, -0.25) is 10.1 Å². The molecule has 1 saturated heterocycles. The first kappa shape index (κ1) is 23.5. The van der Waals surface area contributed by atoms with Gasteiger partial charge in [0.25, 0.3) is 5.91 Å². The van der Waals surface area contributed by atoms with Crippen molar-refractivity contribution in [1.29, 1.82) is 0 Å². The van der Waals surface area contributed by atoms with Crippen LogP contribution in [0.25, 0.3) is 10.8 Å². The van der Waals surface area contributed by atoms with Crippen LogP contribution in [0.15, 0.2) is 59.1 Å². The number of benzene rings is 3. The number of thiocarbonyl (C=S) groups is 1. The maximum atomic E-state index is 13.0. The first-order valence-corrected chi connectivity index (χ1v) is 12.1. The van der Waals surface area contributed by atoms with E-state index in [-0.39, 0.29) is 11.0 Å². The Kier molecular flexibility index (Phi) is 7.47. The summed E-state index contributed by atoms with van der Waals surface area (Å²) in [5.41, 5.74) is 2.42. The molecule has 172 valence electrons. The van der Waals surface area contributed by atoms with E-state index in [1.807, 2.05) is 42.5 Å². The van der Waals surface area contributed by atoms with E-state index in [0.717, 1.165) is 53.7 Å². The molecule has 0 radical (unpaired) electrons. The Morgan fingerprint density at radius 1 is 1.09 bits per heavy atom. The Morgan fingerprint density at radius 3 is 2.45 bits per heavy atom. The third kappa shape index (κ3) is 5.29. The number of fused-ring (bicyclic) bond motifs is 1. The molecule has 0 aliphatic carbocycles. The van der Waals surface area contributed by atoms with Crippen LogP contribution >= 0.6 is 28.1 Å². The lowest BCUT2D eigenvalue weighted by Crippen LogP contribution is -2.46. The highest BCUT2D eigenvalue weighted by Gasteiger charge is 2.19. The minimum Gasteiger partial charge on any atom is -0.495 e. The number of carbonyl (C=O) groups is 1. The Labute approximate surface area is 208 Å². The Balaban J connectivity index is 1.41. The number of ether oxygens (including phenoxy) is 1. The summed E-state index contributed by atoms with van der Waals surface area (Å²) < 4.78 is 6.25. The largest absolute Gasteiger partial charge is 0.495 e. The standard InChI is InChI=1S/C25H27BrN4O2S/c1-3-29-12-14-30(15-13-29)19-10-8-18(9-11-19)27-25(33)28-24(31)21-16-17-6-4-5-7-20(17)22(26)23(21)32-2/h4-11,16H,3,12-15H2,1-2H3,(H2,27,28,31,33). The van der Waals surface area contributed by atoms with Gasteiger partial charge in [-0.2, -0.15) is 0 Å². The number of nitrogens with zero attached hydrogens (tertiary/aromatic N) is 2. The molecule has 4 rings (SSSR count). The number of nitrogens with one attached hydrogen (secondary N) is 2. The van der Waals surface area contributed by atoms with Gasteiger partial charge < -0.3 is 19.9 Å². The summed E-state index contributed by atoms with van der Waals surface area (Å²) in [5.74, 6) is 0.141. The number of amides is 1. The zero-order valence-corrected chi connectivity index (χ0v) is 21.1. The number of likely N-dealkylation sites (N-methyl/N-ethyl adjacent to an activating group) is 1. The molecular weight excluding hydrogens is 500 g/mol. The van der Waals surface area contributed by atoms with Gasteiger partial charge in [0.15, 0.2) is 5.11 Å². The molecular formula is C25H27BrN4O2S. The van der Waals surface area contributed by atoms with Crippen molar-refractivity contribution < 1.29 is 9.53 Å². The van der Waals surface area contributed by atoms with Crippen molar-refractivity contribution in [1.82, 2.24) is 10.2 Å². The number of anilines is 2. The van der Waals surface area contributed by atoms with Crippen LogP contribution in [0, 0.1) is 0 Å². The number of piperazine rings is 1. The normalized spacial score (nSPS) is 14.2. The predicted molar refractivity (Wildman–Crippen MR) is 143 cm³/mol. The Hall–Kier alpha value is -2.68. The van der Waals surface area contributed by atoms with E-state index < -0.39 is 0 Å². The molecule has 0 aromatic heterocycles. The number of hydrogen-bond donors (Lipinski definition) is 2. The second kappa shape index (κ2) is 10.5. The average Bonchev–Trinajstić information content (AvgIpc) is 2.84. The van der Waals surface area contributed by atoms with Crippen LogP contribution in [0.4, 0.5) is 11.4 Å². The topological polar surface area (TPSA) is 56.8 Å². The highest BCUT2D eigenvalue weighted by Crippen LogP contribution is 2.36. The Bertz CT molecular complexity index is 1160. The van der Waals surface area contributed by atoms with Gasteiger partial charge in [-0.05, 0) is 75.8 Å². The van der Waals surface area contributed by atoms with Crippen LogP contribution < -0.4 is 20.3 Å². The highest BCUT2D eigenvalue weighted by atomic mass is 79.9. The summed E-state index contributed by atoms with van der Waals surface area (Å²) >= 11 is 8.96. The molecule has 1 aliphatic rings. The number of carbonyl (C=O) groups excluding carboxylic acids is 1. The molecule has 8 heteroatoms. The van der Waals surface area contributed by atoms with Crippen molar-refractivity contribution in [2.24, 2.45) is 0 Å². The second-order valence-corrected chi connectivity index (χ2v) is 9.07. The third-order valence-corrected chi connectivity index (χ3v) is 6.92. The van der Waals surface area contributed by atoms with Gasteiger partial charge in [0.1, 0.15) is 5.75 Å². The summed E-state index contributed by atoms with van der Waals surface area (Å²) in [4.78, 5) is 17.8. The average molecular weight is 527 g/mol. The fourth-order valence-corrected chi connectivity index (χ4v) is 5.01. The van der Waals surface area contributed by atoms with Crippen LogP contribution in [0.5, 0.6) is 5.75 Å². The van der Waals surface area contributed by atoms with E-state index in [1.54, 1.807) is 7.11 Å². The Morgan fingerprint density at radius 2 is 1.79 bits per heavy atom. The zero-order chi connectivity index (χ0) is 23.4. The summed E-state index contributed by atoms with van der Waals surface area (Å²) in [5, 5.41) is 8.01. The molecule has 3 aromatic carbocycles. The zero-order valence-electron chi connectivity index (χ0n) is 18.7. The molecule has 3 aromatic rings. The number of methoxy groups -OCH3 is 1. The molecule has 1 heterocycles. The summed E-state index contributed by atoms with van der Waals surface area (Å²) in [6.07, 6.45) is 0. The van der Waals surface area contributed by atoms with E-state index in [1.165, 1.54) is 5.69 Å². The van der Waals surface area contributed by atoms with E-state index in [4.69, 9.17) is 17.0 Å². The molecule has 1 aliphatic heterocycles. The first-order chi connectivity index (χ1) is 16.0. The first-order valence-electron chi connectivity index (χ1n) is 10.9. The van der Waals surface area contributed by atoms with E-state index in [0.29, 0.717) is 11.3 Å². The molecule has 0 unspecified atom stereocenters. The maximum Gasteiger partial charge on any atom is 0.261 e. The van der Waals surface area contributed by atoms with E-state index in [9.17, 15) is 4.79 Å². The molecule has 1 amide bonds. The molecule has 0 saturated carbocycles. The fraction of sp³-hybridized carbons (Fsp3) is 0.280. The van der Waals surface area contributed by atoms with Gasteiger partial charge in [-0.1, -0.05) is 31.2 Å². The smallest absolute Gasteiger partial charge is 0.261 e. The molecule has 2 N–H and O–H groups in total. The van der Waals surface area contributed by atoms with Gasteiger partial charge in [0.05, 0.1) is 17.1 Å². The van der Waals surface area contributed by atoms with Crippen molar-refractivity contribution in [3.8, 4) is 5.75 Å². The minimum absolute atomic E-state index is 0.232. The van der Waals surface area contributed by atoms with Crippen molar-refractivity contribution in [3.63, 3.8) is 0 Å². The number of halogens is 1. The lowest BCUT2D eigenvalue weighted by Gasteiger charge is -2.35. The molecule has 33 heavy (non-hydrogen) atoms. The van der Waals surface area contributed by atoms with Gasteiger partial charge >= 0.3 is 0 Å². The van der Waals surface area contributed by atoms with Crippen molar-refractivity contribution >= 4 is 61.3 Å². The SMILES string of the molecule is CCN1CCN(c2ccc(NC(=S)NC(=O)c3cc4ccccc4c(Br)c3OC)cc2)CC1. The van der Waals surface area contributed by atoms with E-state index in [2.05, 4.69) is 55.4 Å². The van der Waals surface area contributed by atoms with Crippen molar-refractivity contribution in [3.05, 3.63) is 64.6 Å². The highest BCUT2D eigenvalue weighted by molar-refractivity contribution is 9.10. The summed E-state index contributed by atoms with van der Waals surface area (Å²) in [6.45, 7) is 7.52. The number of rotatable bonds is 5. The molecule has 0 atom stereocenters.